The number of hydrogen-bond donors (Lipinski definition) is 2. The molecule has 1 aromatic heterocycles. The number of esters is 1. The Kier molecular flexibility index (Phi) is 3.84. The number of methoxy groups -OCH3 is 1. The standard InChI is InChI=1S/C8H11BrN4O2/c1-4(7(14)15-2)11-8-12-5(9)3-6(10)13-8/h3-4H,1-2H3,(H3,10,11,12,13). The van der Waals surface area contributed by atoms with Crippen LogP contribution in [0, 0.1) is 0 Å². The molecular weight excluding hydrogens is 264 g/mol. The van der Waals surface area contributed by atoms with E-state index in [1.165, 1.54) is 7.11 Å². The lowest BCUT2D eigenvalue weighted by molar-refractivity contribution is -0.141. The molecule has 1 atom stereocenters. The lowest BCUT2D eigenvalue weighted by Gasteiger charge is -2.11. The molecule has 0 aromatic carbocycles. The summed E-state index contributed by atoms with van der Waals surface area (Å²) in [6.07, 6.45) is 0. The number of rotatable bonds is 3. The number of aromatic nitrogens is 2. The summed E-state index contributed by atoms with van der Waals surface area (Å²) in [5.41, 5.74) is 5.51. The zero-order valence-electron chi connectivity index (χ0n) is 8.32. The lowest BCUT2D eigenvalue weighted by Crippen LogP contribution is -2.28. The fourth-order valence-corrected chi connectivity index (χ4v) is 1.33. The molecule has 0 spiro atoms. The highest BCUT2D eigenvalue weighted by molar-refractivity contribution is 9.10. The van der Waals surface area contributed by atoms with Crippen LogP contribution in [0.5, 0.6) is 0 Å². The molecule has 0 radical (unpaired) electrons. The van der Waals surface area contributed by atoms with Crippen LogP contribution >= 0.6 is 15.9 Å². The second-order valence-corrected chi connectivity index (χ2v) is 3.64. The Bertz CT molecular complexity index is 351. The Morgan fingerprint density at radius 3 is 2.87 bits per heavy atom. The topological polar surface area (TPSA) is 90.1 Å². The number of nitrogens with two attached hydrogens (primary N) is 1. The third-order valence-corrected chi connectivity index (χ3v) is 2.02. The Balaban J connectivity index is 2.76. The molecule has 1 unspecified atom stereocenters. The van der Waals surface area contributed by atoms with Crippen molar-refractivity contribution in [1.29, 1.82) is 0 Å². The fraction of sp³-hybridized carbons (Fsp3) is 0.375. The van der Waals surface area contributed by atoms with Crippen LogP contribution in [0.1, 0.15) is 6.92 Å². The van der Waals surface area contributed by atoms with Gasteiger partial charge in [-0.3, -0.25) is 0 Å². The van der Waals surface area contributed by atoms with Gasteiger partial charge in [0.25, 0.3) is 0 Å². The van der Waals surface area contributed by atoms with Crippen molar-refractivity contribution in [3.63, 3.8) is 0 Å². The van der Waals surface area contributed by atoms with E-state index in [2.05, 4.69) is 36.0 Å². The summed E-state index contributed by atoms with van der Waals surface area (Å²) in [6, 6.07) is 1.04. The molecule has 3 N–H and O–H groups in total. The zero-order chi connectivity index (χ0) is 11.4. The summed E-state index contributed by atoms with van der Waals surface area (Å²) in [4.78, 5) is 19.0. The first-order valence-electron chi connectivity index (χ1n) is 4.17. The number of halogens is 1. The fourth-order valence-electron chi connectivity index (χ4n) is 0.929. The quantitative estimate of drug-likeness (QED) is 0.626. The van der Waals surface area contributed by atoms with E-state index in [0.29, 0.717) is 10.4 Å². The lowest BCUT2D eigenvalue weighted by atomic mass is 10.3. The number of hydrogen-bond acceptors (Lipinski definition) is 6. The first kappa shape index (κ1) is 11.7. The maximum Gasteiger partial charge on any atom is 0.328 e. The highest BCUT2D eigenvalue weighted by Gasteiger charge is 2.14. The smallest absolute Gasteiger partial charge is 0.328 e. The van der Waals surface area contributed by atoms with Gasteiger partial charge in [-0.2, -0.15) is 4.98 Å². The molecule has 0 aliphatic heterocycles. The molecule has 0 aliphatic rings. The van der Waals surface area contributed by atoms with Crippen LogP contribution in [0.15, 0.2) is 10.7 Å². The van der Waals surface area contributed by atoms with E-state index < -0.39 is 12.0 Å². The van der Waals surface area contributed by atoms with E-state index in [1.54, 1.807) is 13.0 Å². The first-order chi connectivity index (χ1) is 7.02. The highest BCUT2D eigenvalue weighted by Crippen LogP contribution is 2.12. The minimum Gasteiger partial charge on any atom is -0.467 e. The van der Waals surface area contributed by atoms with Crippen LogP contribution in [0.4, 0.5) is 11.8 Å². The van der Waals surface area contributed by atoms with Gasteiger partial charge in [0, 0.05) is 6.07 Å². The number of ether oxygens (including phenoxy) is 1. The van der Waals surface area contributed by atoms with E-state index in [1.807, 2.05) is 0 Å². The minimum atomic E-state index is -0.524. The number of carbonyl (C=O) groups excluding carboxylic acids is 1. The van der Waals surface area contributed by atoms with E-state index in [-0.39, 0.29) is 5.95 Å². The molecule has 7 heteroatoms. The van der Waals surface area contributed by atoms with Gasteiger partial charge < -0.3 is 15.8 Å². The van der Waals surface area contributed by atoms with Gasteiger partial charge in [-0.15, -0.1) is 0 Å². The van der Waals surface area contributed by atoms with Gasteiger partial charge in [0.2, 0.25) is 5.95 Å². The number of anilines is 2. The molecule has 15 heavy (non-hydrogen) atoms. The predicted molar refractivity (Wildman–Crippen MR) is 59.2 cm³/mol. The molecule has 1 rings (SSSR count). The molecule has 1 heterocycles. The summed E-state index contributed by atoms with van der Waals surface area (Å²) in [5, 5.41) is 2.77. The van der Waals surface area contributed by atoms with Crippen molar-refractivity contribution in [1.82, 2.24) is 9.97 Å². The van der Waals surface area contributed by atoms with Crippen molar-refractivity contribution >= 4 is 33.7 Å². The molecular formula is C8H11BrN4O2. The maximum atomic E-state index is 11.1. The average Bonchev–Trinajstić information content (AvgIpc) is 2.14. The van der Waals surface area contributed by atoms with Crippen LogP contribution in [-0.2, 0) is 9.53 Å². The summed E-state index contributed by atoms with van der Waals surface area (Å²) in [7, 11) is 1.32. The van der Waals surface area contributed by atoms with Gasteiger partial charge in [0.15, 0.2) is 0 Å². The van der Waals surface area contributed by atoms with Crippen molar-refractivity contribution in [3.05, 3.63) is 10.7 Å². The number of nitrogens with zero attached hydrogens (tertiary/aromatic N) is 2. The molecule has 1 aromatic rings. The summed E-state index contributed by atoms with van der Waals surface area (Å²) in [6.45, 7) is 1.65. The van der Waals surface area contributed by atoms with E-state index >= 15 is 0 Å². The largest absolute Gasteiger partial charge is 0.467 e. The molecule has 0 aliphatic carbocycles. The van der Waals surface area contributed by atoms with E-state index in [0.717, 1.165) is 0 Å². The maximum absolute atomic E-state index is 11.1. The Hall–Kier alpha value is -1.37. The normalized spacial score (nSPS) is 11.9. The molecule has 0 amide bonds. The molecule has 6 nitrogen and oxygen atoms in total. The molecule has 82 valence electrons. The summed E-state index contributed by atoms with van der Waals surface area (Å²) in [5.74, 6) is 0.202. The van der Waals surface area contributed by atoms with Crippen LogP contribution in [-0.4, -0.2) is 29.1 Å². The van der Waals surface area contributed by atoms with Crippen molar-refractivity contribution in [2.45, 2.75) is 13.0 Å². The first-order valence-corrected chi connectivity index (χ1v) is 4.96. The van der Waals surface area contributed by atoms with Crippen molar-refractivity contribution in [2.75, 3.05) is 18.2 Å². The molecule has 0 bridgehead atoms. The average molecular weight is 275 g/mol. The Morgan fingerprint density at radius 1 is 1.67 bits per heavy atom. The second kappa shape index (κ2) is 4.92. The molecule has 0 saturated heterocycles. The monoisotopic (exact) mass is 274 g/mol. The van der Waals surface area contributed by atoms with Gasteiger partial charge >= 0.3 is 5.97 Å². The summed E-state index contributed by atoms with van der Waals surface area (Å²) < 4.78 is 5.10. The third kappa shape index (κ3) is 3.35. The zero-order valence-corrected chi connectivity index (χ0v) is 9.91. The second-order valence-electron chi connectivity index (χ2n) is 2.83. The number of nitrogens with one attached hydrogen (secondary N) is 1. The Morgan fingerprint density at radius 2 is 2.33 bits per heavy atom. The van der Waals surface area contributed by atoms with Crippen molar-refractivity contribution in [2.24, 2.45) is 0 Å². The third-order valence-electron chi connectivity index (χ3n) is 1.62. The number of carbonyl (C=O) groups is 1. The van der Waals surface area contributed by atoms with Gasteiger partial charge in [0.1, 0.15) is 16.5 Å². The minimum absolute atomic E-state index is 0.278. The predicted octanol–water partition coefficient (Wildman–Crippen LogP) is 0.795. The SMILES string of the molecule is COC(=O)C(C)Nc1nc(N)cc(Br)n1. The van der Waals surface area contributed by atoms with E-state index in [4.69, 9.17) is 5.73 Å². The van der Waals surface area contributed by atoms with Gasteiger partial charge in [-0.25, -0.2) is 9.78 Å². The molecule has 0 saturated carbocycles. The summed E-state index contributed by atoms with van der Waals surface area (Å²) >= 11 is 3.17. The van der Waals surface area contributed by atoms with Gasteiger partial charge in [-0.1, -0.05) is 0 Å². The highest BCUT2D eigenvalue weighted by atomic mass is 79.9. The van der Waals surface area contributed by atoms with Crippen molar-refractivity contribution < 1.29 is 9.53 Å². The van der Waals surface area contributed by atoms with Crippen LogP contribution in [0.2, 0.25) is 0 Å². The van der Waals surface area contributed by atoms with Gasteiger partial charge in [-0.05, 0) is 22.9 Å². The van der Waals surface area contributed by atoms with Gasteiger partial charge in [0.05, 0.1) is 7.11 Å². The molecule has 0 fully saturated rings. The van der Waals surface area contributed by atoms with Crippen LogP contribution in [0.3, 0.4) is 0 Å². The van der Waals surface area contributed by atoms with Crippen LogP contribution < -0.4 is 11.1 Å². The van der Waals surface area contributed by atoms with E-state index in [9.17, 15) is 4.79 Å². The number of nitrogen functional groups attached to an aromatic ring is 1. The van der Waals surface area contributed by atoms with Crippen LogP contribution in [0.25, 0.3) is 0 Å². The van der Waals surface area contributed by atoms with Crippen molar-refractivity contribution in [3.8, 4) is 0 Å². The Labute approximate surface area is 95.4 Å².